The summed E-state index contributed by atoms with van der Waals surface area (Å²) in [5.41, 5.74) is 2.26. The number of rotatable bonds is 13. The Morgan fingerprint density at radius 1 is 0.700 bits per heavy atom. The van der Waals surface area contributed by atoms with Gasteiger partial charge in [-0.05, 0) is 74.5 Å². The molecule has 1 saturated heterocycles. The number of carboxylic acids is 2. The molecule has 70 heavy (non-hydrogen) atoms. The van der Waals surface area contributed by atoms with Crippen molar-refractivity contribution in [1.82, 2.24) is 4.90 Å². The third-order valence-electron chi connectivity index (χ3n) is 11.3. The van der Waals surface area contributed by atoms with E-state index >= 15 is 4.39 Å². The largest absolute Gasteiger partial charge is 0.497 e. The van der Waals surface area contributed by atoms with Crippen LogP contribution in [0.5, 0.6) is 11.5 Å². The van der Waals surface area contributed by atoms with Crippen LogP contribution in [0.25, 0.3) is 0 Å². The molecule has 5 aromatic carbocycles. The molecule has 2 N–H and O–H groups in total. The number of carbonyl (C=O) groups excluding carboxylic acids is 3. The number of carbonyl (C=O) groups is 5. The van der Waals surface area contributed by atoms with Crippen LogP contribution in [0.2, 0.25) is 0 Å². The van der Waals surface area contributed by atoms with E-state index in [0.29, 0.717) is 37.5 Å². The molecule has 0 aliphatic carbocycles. The van der Waals surface area contributed by atoms with Gasteiger partial charge in [0.1, 0.15) is 23.0 Å². The Hall–Kier alpha value is -8.16. The minimum Gasteiger partial charge on any atom is -0.497 e. The van der Waals surface area contributed by atoms with Crippen LogP contribution in [0.4, 0.5) is 34.6 Å². The number of aliphatic carboxylic acids is 2. The van der Waals surface area contributed by atoms with Gasteiger partial charge in [0.15, 0.2) is 0 Å². The van der Waals surface area contributed by atoms with Crippen molar-refractivity contribution >= 4 is 52.9 Å². The second-order valence-electron chi connectivity index (χ2n) is 15.9. The standard InChI is InChI=1S/C30H30F4N4O4.C20H18O8/c1-40-21-7-4-6-20(17-21)36-12-14-37(15-13-36)29-35-28-22(8-5-9-23(28)31)24(18-27(39)42-3)38(29)25-16-19(30(32,33)34)10-11-26(25)41-2;1-11-3-7-13(8-4-11)19(25)27-15(17(21)22)16(18(23)24)28-20(26)14-9-5-12(2)6-10-14/h4-11,16-17,24H,12-15,18H2,1-3H3;3-10,15-16H,1-2H3,(H,21,22)(H,23,24)/t;15-,16-/m.1/s1. The van der Waals surface area contributed by atoms with E-state index in [1.54, 1.807) is 51.3 Å². The molecular weight excluding hydrogens is 925 g/mol. The summed E-state index contributed by atoms with van der Waals surface area (Å²) in [6, 6.07) is 26.3. The highest BCUT2D eigenvalue weighted by Crippen LogP contribution is 2.46. The Kier molecular flexibility index (Phi) is 16.3. The number of para-hydroxylation sites is 1. The normalized spacial score (nSPS) is 15.2. The zero-order valence-corrected chi connectivity index (χ0v) is 38.4. The first-order valence-corrected chi connectivity index (χ1v) is 21.5. The van der Waals surface area contributed by atoms with Crippen LogP contribution < -0.4 is 19.3 Å². The van der Waals surface area contributed by atoms with Gasteiger partial charge in [0.25, 0.3) is 0 Å². The maximum atomic E-state index is 15.2. The van der Waals surface area contributed by atoms with Gasteiger partial charge in [0.2, 0.25) is 18.2 Å². The van der Waals surface area contributed by atoms with Gasteiger partial charge in [0, 0.05) is 43.5 Å². The second-order valence-corrected chi connectivity index (χ2v) is 15.9. The third kappa shape index (κ3) is 12.1. The minimum absolute atomic E-state index is 0.0267. The molecular formula is C50H48F4N4O12. The average Bonchev–Trinajstić information content (AvgIpc) is 3.35. The van der Waals surface area contributed by atoms with Gasteiger partial charge in [-0.3, -0.25) is 4.79 Å². The monoisotopic (exact) mass is 972 g/mol. The average molecular weight is 973 g/mol. The first kappa shape index (κ1) is 51.2. The number of piperazine rings is 1. The summed E-state index contributed by atoms with van der Waals surface area (Å²) in [6.07, 6.45) is -9.35. The van der Waals surface area contributed by atoms with E-state index in [9.17, 15) is 47.4 Å². The van der Waals surface area contributed by atoms with E-state index in [0.717, 1.165) is 28.9 Å². The lowest BCUT2D eigenvalue weighted by Crippen LogP contribution is -2.55. The molecule has 0 radical (unpaired) electrons. The molecule has 0 saturated carbocycles. The van der Waals surface area contributed by atoms with E-state index in [1.807, 2.05) is 29.2 Å². The van der Waals surface area contributed by atoms with Crippen LogP contribution in [0.3, 0.4) is 0 Å². The third-order valence-corrected chi connectivity index (χ3v) is 11.3. The number of fused-ring (bicyclic) bond motifs is 1. The zero-order valence-electron chi connectivity index (χ0n) is 38.4. The number of aryl methyl sites for hydroxylation is 2. The zero-order chi connectivity index (χ0) is 50.9. The van der Waals surface area contributed by atoms with Gasteiger partial charge in [-0.2, -0.15) is 13.2 Å². The summed E-state index contributed by atoms with van der Waals surface area (Å²) in [4.78, 5) is 70.2. The lowest BCUT2D eigenvalue weighted by Gasteiger charge is -2.45. The molecule has 5 aromatic rings. The van der Waals surface area contributed by atoms with Crippen molar-refractivity contribution in [3.63, 3.8) is 0 Å². The van der Waals surface area contributed by atoms with Crippen LogP contribution in [0.1, 0.15) is 55.4 Å². The van der Waals surface area contributed by atoms with Crippen molar-refractivity contribution in [2.45, 2.75) is 44.7 Å². The summed E-state index contributed by atoms with van der Waals surface area (Å²) >= 11 is 0. The number of ether oxygens (including phenoxy) is 5. The van der Waals surface area contributed by atoms with Crippen LogP contribution in [-0.4, -0.2) is 111 Å². The number of anilines is 2. The number of guanidine groups is 1. The van der Waals surface area contributed by atoms with Gasteiger partial charge in [0.05, 0.1) is 56.2 Å². The van der Waals surface area contributed by atoms with E-state index in [-0.39, 0.29) is 40.6 Å². The topological polar surface area (TPSA) is 194 Å². The second kappa shape index (κ2) is 22.3. The minimum atomic E-state index is -4.64. The van der Waals surface area contributed by atoms with Gasteiger partial charge in [-0.25, -0.2) is 28.6 Å². The molecule has 0 aromatic heterocycles. The summed E-state index contributed by atoms with van der Waals surface area (Å²) < 4.78 is 82.3. The maximum absolute atomic E-state index is 15.2. The molecule has 0 spiro atoms. The molecule has 2 aliphatic heterocycles. The number of nitrogens with zero attached hydrogens (tertiary/aromatic N) is 4. The Morgan fingerprint density at radius 2 is 1.24 bits per heavy atom. The highest BCUT2D eigenvalue weighted by atomic mass is 19.4. The fourth-order valence-corrected chi connectivity index (χ4v) is 7.55. The Bertz CT molecular complexity index is 2670. The smallest absolute Gasteiger partial charge is 0.416 e. The highest BCUT2D eigenvalue weighted by Gasteiger charge is 2.42. The van der Waals surface area contributed by atoms with Crippen LogP contribution in [-0.2, 0) is 34.8 Å². The van der Waals surface area contributed by atoms with Gasteiger partial charge in [-0.1, -0.05) is 53.6 Å². The van der Waals surface area contributed by atoms with E-state index < -0.39 is 65.7 Å². The van der Waals surface area contributed by atoms with E-state index in [1.165, 1.54) is 61.6 Å². The first-order chi connectivity index (χ1) is 33.3. The predicted molar refractivity (Wildman–Crippen MR) is 246 cm³/mol. The van der Waals surface area contributed by atoms with E-state index in [2.05, 4.69) is 9.89 Å². The molecule has 16 nitrogen and oxygen atoms in total. The van der Waals surface area contributed by atoms with Crippen molar-refractivity contribution < 1.29 is 75.4 Å². The van der Waals surface area contributed by atoms with Gasteiger partial charge >= 0.3 is 36.0 Å². The van der Waals surface area contributed by atoms with Crippen molar-refractivity contribution in [2.75, 3.05) is 57.3 Å². The van der Waals surface area contributed by atoms with Crippen molar-refractivity contribution in [3.05, 3.63) is 148 Å². The fraction of sp³-hybridized carbons (Fsp3) is 0.280. The summed E-state index contributed by atoms with van der Waals surface area (Å²) in [7, 11) is 4.17. The molecule has 1 fully saturated rings. The SMILES string of the molecule is COC(=O)CC1c2cccc(F)c2N=C(N2CCN(c3cccc(OC)c3)CC2)N1c1cc(C(F)(F)F)ccc1OC.Cc1ccc(C(=O)O[C@@H](C(=O)O)[C@@H](OC(=O)c2ccc(C)cc2)C(=O)O)cc1. The lowest BCUT2D eigenvalue weighted by atomic mass is 9.96. The molecule has 20 heteroatoms. The summed E-state index contributed by atoms with van der Waals surface area (Å²) in [5, 5.41) is 18.6. The quantitative estimate of drug-likeness (QED) is 0.0654. The number of benzene rings is 5. The first-order valence-electron chi connectivity index (χ1n) is 21.5. The fourth-order valence-electron chi connectivity index (χ4n) is 7.55. The van der Waals surface area contributed by atoms with Crippen molar-refractivity contribution in [3.8, 4) is 11.5 Å². The maximum Gasteiger partial charge on any atom is 0.416 e. The van der Waals surface area contributed by atoms with Crippen LogP contribution in [0.15, 0.2) is 114 Å². The number of alkyl halides is 3. The molecule has 368 valence electrons. The molecule has 7 rings (SSSR count). The van der Waals surface area contributed by atoms with E-state index in [4.69, 9.17) is 23.7 Å². The van der Waals surface area contributed by atoms with Crippen molar-refractivity contribution in [1.29, 1.82) is 0 Å². The lowest BCUT2D eigenvalue weighted by molar-refractivity contribution is -0.166. The van der Waals surface area contributed by atoms with Crippen LogP contribution >= 0.6 is 0 Å². The van der Waals surface area contributed by atoms with Gasteiger partial charge in [-0.15, -0.1) is 0 Å². The van der Waals surface area contributed by atoms with Crippen molar-refractivity contribution in [2.24, 2.45) is 4.99 Å². The summed E-state index contributed by atoms with van der Waals surface area (Å²) in [6.45, 7) is 5.52. The molecule has 0 amide bonds. The highest BCUT2D eigenvalue weighted by molar-refractivity contribution is 6.02. The molecule has 3 atom stereocenters. The molecule has 2 heterocycles. The van der Waals surface area contributed by atoms with Crippen LogP contribution in [0, 0.1) is 19.7 Å². The molecule has 0 bridgehead atoms. The predicted octanol–water partition coefficient (Wildman–Crippen LogP) is 8.02. The molecule has 1 unspecified atom stereocenters. The number of methoxy groups -OCH3 is 3. The Labute approximate surface area is 399 Å². The summed E-state index contributed by atoms with van der Waals surface area (Å²) in [5.74, 6) is -5.78. The molecule has 2 aliphatic rings. The Morgan fingerprint density at radius 3 is 1.74 bits per heavy atom. The number of hydrogen-bond acceptors (Lipinski definition) is 14. The number of carboxylic acid groups (broad SMARTS) is 2. The number of esters is 3. The van der Waals surface area contributed by atoms with Gasteiger partial charge < -0.3 is 48.6 Å². The number of halogens is 4. The number of aliphatic imine (C=N–C) groups is 1. The number of hydrogen-bond donors (Lipinski definition) is 2. The Balaban J connectivity index is 0.000000250.